The highest BCUT2D eigenvalue weighted by molar-refractivity contribution is 7.88. The van der Waals surface area contributed by atoms with E-state index in [0.29, 0.717) is 0 Å². The smallest absolute Gasteiger partial charge is 0.263 e. The predicted molar refractivity (Wildman–Crippen MR) is 89.2 cm³/mol. The molecule has 0 saturated heterocycles. The zero-order valence-electron chi connectivity index (χ0n) is 13.7. The van der Waals surface area contributed by atoms with Crippen molar-refractivity contribution < 1.29 is 26.8 Å². The van der Waals surface area contributed by atoms with E-state index in [-0.39, 0.29) is 24.1 Å². The van der Waals surface area contributed by atoms with Gasteiger partial charge in [0.25, 0.3) is 6.43 Å². The van der Waals surface area contributed by atoms with Gasteiger partial charge < -0.3 is 0 Å². The highest BCUT2D eigenvalue weighted by atomic mass is 32.2. The van der Waals surface area contributed by atoms with E-state index in [9.17, 15) is 26.8 Å². The van der Waals surface area contributed by atoms with Gasteiger partial charge in [-0.05, 0) is 11.6 Å². The first-order chi connectivity index (χ1) is 11.7. The van der Waals surface area contributed by atoms with Gasteiger partial charge in [-0.3, -0.25) is 14.9 Å². The number of rotatable bonds is 9. The minimum absolute atomic E-state index is 0.0837. The van der Waals surface area contributed by atoms with Gasteiger partial charge >= 0.3 is 0 Å². The van der Waals surface area contributed by atoms with Crippen LogP contribution in [0.5, 0.6) is 0 Å². The molecule has 0 aliphatic rings. The second kappa shape index (κ2) is 9.38. The molecule has 0 aliphatic heterocycles. The molecule has 0 bridgehead atoms. The number of hydrogen-bond acceptors (Lipinski definition) is 4. The van der Waals surface area contributed by atoms with Crippen molar-refractivity contribution in [3.63, 3.8) is 0 Å². The number of hydrogen-bond donors (Lipinski definition) is 1. The number of halogens is 2. The van der Waals surface area contributed by atoms with Crippen molar-refractivity contribution in [2.45, 2.75) is 25.5 Å². The largest absolute Gasteiger partial charge is 0.295 e. The normalized spacial score (nSPS) is 11.6. The molecule has 25 heavy (non-hydrogen) atoms. The number of benzene rings is 1. The van der Waals surface area contributed by atoms with E-state index >= 15 is 0 Å². The summed E-state index contributed by atoms with van der Waals surface area (Å²) in [5.74, 6) is -1.83. The summed E-state index contributed by atoms with van der Waals surface area (Å²) in [5, 5.41) is 2.06. The number of amides is 2. The Bertz CT molecular complexity index is 735. The second-order valence-corrected chi connectivity index (χ2v) is 7.18. The van der Waals surface area contributed by atoms with Crippen LogP contribution < -0.4 is 5.32 Å². The third-order valence-electron chi connectivity index (χ3n) is 3.20. The monoisotopic (exact) mass is 374 g/mol. The molecule has 0 radical (unpaired) electrons. The molecule has 1 aromatic carbocycles. The van der Waals surface area contributed by atoms with E-state index in [1.165, 1.54) is 24.3 Å². The van der Waals surface area contributed by atoms with Crippen LogP contribution in [-0.2, 0) is 25.4 Å². The Hall–Kier alpha value is -2.13. The predicted octanol–water partition coefficient (Wildman–Crippen LogP) is 1.99. The number of alkyl halides is 2. The van der Waals surface area contributed by atoms with E-state index < -0.39 is 40.6 Å². The third-order valence-corrected chi connectivity index (χ3v) is 4.96. The summed E-state index contributed by atoms with van der Waals surface area (Å²) in [6, 6.07) is 5.06. The maximum Gasteiger partial charge on any atom is 0.263 e. The van der Waals surface area contributed by atoms with Gasteiger partial charge in [-0.1, -0.05) is 31.2 Å². The lowest BCUT2D eigenvalue weighted by molar-refractivity contribution is -0.130. The van der Waals surface area contributed by atoms with Crippen molar-refractivity contribution in [1.29, 1.82) is 0 Å². The molecule has 0 fully saturated rings. The minimum Gasteiger partial charge on any atom is -0.295 e. The lowest BCUT2D eigenvalue weighted by Gasteiger charge is -2.20. The summed E-state index contributed by atoms with van der Waals surface area (Å²) in [5.41, 5.74) is -0.105. The lowest BCUT2D eigenvalue weighted by Crippen LogP contribution is -2.43. The topological polar surface area (TPSA) is 83.6 Å². The number of sulfonamides is 1. The van der Waals surface area contributed by atoms with Gasteiger partial charge in [-0.15, -0.1) is 6.58 Å². The first-order valence-corrected chi connectivity index (χ1v) is 9.09. The minimum atomic E-state index is -3.97. The van der Waals surface area contributed by atoms with Crippen LogP contribution >= 0.6 is 0 Å². The van der Waals surface area contributed by atoms with Crippen LogP contribution in [0.2, 0.25) is 0 Å². The molecular weight excluding hydrogens is 354 g/mol. The first-order valence-electron chi connectivity index (χ1n) is 7.48. The van der Waals surface area contributed by atoms with Crippen LogP contribution in [-0.4, -0.2) is 37.6 Å². The van der Waals surface area contributed by atoms with Crippen LogP contribution in [0.1, 0.15) is 30.9 Å². The molecule has 0 spiro atoms. The van der Waals surface area contributed by atoms with E-state index in [2.05, 4.69) is 11.9 Å². The summed E-state index contributed by atoms with van der Waals surface area (Å²) in [6.07, 6.45) is -1.33. The van der Waals surface area contributed by atoms with E-state index in [0.717, 1.165) is 10.4 Å². The fourth-order valence-corrected chi connectivity index (χ4v) is 3.41. The number of nitrogens with zero attached hydrogens (tertiary/aromatic N) is 1. The molecule has 0 aliphatic carbocycles. The standard InChI is InChI=1S/C16H20F2N2O4S/c1-3-8-20(10-15(22)19-14(21)4-2)25(23,24)11-12-6-5-7-13(9-12)16(17)18/h3,5-7,9,16H,1,4,8,10-11H2,2H3,(H,19,21,22). The molecule has 2 amide bonds. The Morgan fingerprint density at radius 2 is 2.00 bits per heavy atom. The molecule has 6 nitrogen and oxygen atoms in total. The van der Waals surface area contributed by atoms with Crippen LogP contribution in [0, 0.1) is 0 Å². The highest BCUT2D eigenvalue weighted by Crippen LogP contribution is 2.21. The maximum atomic E-state index is 12.7. The SMILES string of the molecule is C=CCN(CC(=O)NC(=O)CC)S(=O)(=O)Cc1cccc(C(F)F)c1. The second-order valence-electron chi connectivity index (χ2n) is 5.21. The molecule has 0 atom stereocenters. The van der Waals surface area contributed by atoms with Gasteiger partial charge in [0.05, 0.1) is 12.3 Å². The molecule has 0 unspecified atom stereocenters. The molecule has 1 aromatic rings. The Labute approximate surface area is 145 Å². The molecule has 1 rings (SSSR count). The van der Waals surface area contributed by atoms with Gasteiger partial charge in [-0.2, -0.15) is 4.31 Å². The van der Waals surface area contributed by atoms with E-state index in [1.54, 1.807) is 6.92 Å². The van der Waals surface area contributed by atoms with Crippen molar-refractivity contribution in [2.75, 3.05) is 13.1 Å². The maximum absolute atomic E-state index is 12.7. The Kier molecular flexibility index (Phi) is 7.85. The Morgan fingerprint density at radius 3 is 2.56 bits per heavy atom. The number of carbonyl (C=O) groups is 2. The molecular formula is C16H20F2N2O4S. The quantitative estimate of drug-likeness (QED) is 0.670. The summed E-state index contributed by atoms with van der Waals surface area (Å²) < 4.78 is 51.3. The zero-order valence-corrected chi connectivity index (χ0v) is 14.6. The van der Waals surface area contributed by atoms with Gasteiger partial charge in [-0.25, -0.2) is 17.2 Å². The van der Waals surface area contributed by atoms with Gasteiger partial charge in [0.2, 0.25) is 21.8 Å². The first kappa shape index (κ1) is 20.9. The fraction of sp³-hybridized carbons (Fsp3) is 0.375. The summed E-state index contributed by atoms with van der Waals surface area (Å²) in [7, 11) is -3.97. The fourth-order valence-electron chi connectivity index (χ4n) is 1.98. The molecule has 0 aromatic heterocycles. The van der Waals surface area contributed by atoms with Crippen molar-refractivity contribution in [1.82, 2.24) is 9.62 Å². The number of carbonyl (C=O) groups excluding carboxylic acids is 2. The molecule has 0 saturated carbocycles. The molecule has 9 heteroatoms. The Balaban J connectivity index is 2.93. The molecule has 1 N–H and O–H groups in total. The van der Waals surface area contributed by atoms with E-state index in [1.807, 2.05) is 0 Å². The average Bonchev–Trinajstić information content (AvgIpc) is 2.54. The summed E-state index contributed by atoms with van der Waals surface area (Å²) in [4.78, 5) is 23.0. The van der Waals surface area contributed by atoms with E-state index in [4.69, 9.17) is 0 Å². The van der Waals surface area contributed by atoms with Gasteiger partial charge in [0, 0.05) is 18.5 Å². The third kappa shape index (κ3) is 6.71. The number of imide groups is 1. The van der Waals surface area contributed by atoms with Gasteiger partial charge in [0.15, 0.2) is 0 Å². The lowest BCUT2D eigenvalue weighted by atomic mass is 10.1. The zero-order chi connectivity index (χ0) is 19.0. The van der Waals surface area contributed by atoms with Crippen molar-refractivity contribution in [3.05, 3.63) is 48.0 Å². The molecule has 138 valence electrons. The number of nitrogens with one attached hydrogen (secondary N) is 1. The highest BCUT2D eigenvalue weighted by Gasteiger charge is 2.25. The molecule has 0 heterocycles. The Morgan fingerprint density at radius 1 is 1.32 bits per heavy atom. The van der Waals surface area contributed by atoms with Crippen molar-refractivity contribution >= 4 is 21.8 Å². The van der Waals surface area contributed by atoms with Gasteiger partial charge in [0.1, 0.15) is 0 Å². The van der Waals surface area contributed by atoms with Crippen LogP contribution in [0.3, 0.4) is 0 Å². The van der Waals surface area contributed by atoms with Crippen molar-refractivity contribution in [3.8, 4) is 0 Å². The summed E-state index contributed by atoms with van der Waals surface area (Å²) in [6.45, 7) is 4.28. The van der Waals surface area contributed by atoms with Crippen LogP contribution in [0.25, 0.3) is 0 Å². The average molecular weight is 374 g/mol. The summed E-state index contributed by atoms with van der Waals surface area (Å²) >= 11 is 0. The van der Waals surface area contributed by atoms with Crippen molar-refractivity contribution in [2.24, 2.45) is 0 Å². The van der Waals surface area contributed by atoms with Crippen LogP contribution in [0.15, 0.2) is 36.9 Å². The van der Waals surface area contributed by atoms with Crippen LogP contribution in [0.4, 0.5) is 8.78 Å².